The van der Waals surface area contributed by atoms with Crippen LogP contribution in [0, 0.1) is 0 Å². The average molecular weight is 503 g/mol. The van der Waals surface area contributed by atoms with E-state index in [1.165, 1.54) is 6.21 Å². The third-order valence-corrected chi connectivity index (χ3v) is 5.20. The fourth-order valence-corrected chi connectivity index (χ4v) is 3.38. The molecule has 10 nitrogen and oxygen atoms in total. The van der Waals surface area contributed by atoms with E-state index in [4.69, 9.17) is 25.8 Å². The number of carbonyl (C=O) groups excluding carboxylic acids is 3. The zero-order valence-electron chi connectivity index (χ0n) is 19.2. The van der Waals surface area contributed by atoms with Gasteiger partial charge in [0.1, 0.15) is 0 Å². The van der Waals surface area contributed by atoms with Gasteiger partial charge in [0.15, 0.2) is 18.1 Å². The van der Waals surface area contributed by atoms with Crippen molar-refractivity contribution in [3.05, 3.63) is 53.1 Å². The summed E-state index contributed by atoms with van der Waals surface area (Å²) in [6.07, 6.45) is 3.10. The number of para-hydroxylation sites is 1. The second kappa shape index (κ2) is 13.3. The zero-order valence-corrected chi connectivity index (χ0v) is 20.0. The fourth-order valence-electron chi connectivity index (χ4n) is 3.19. The molecule has 1 heterocycles. The van der Waals surface area contributed by atoms with Crippen molar-refractivity contribution in [3.63, 3.8) is 0 Å². The van der Waals surface area contributed by atoms with Gasteiger partial charge in [-0.2, -0.15) is 5.10 Å². The summed E-state index contributed by atoms with van der Waals surface area (Å²) in [7, 11) is 0. The lowest BCUT2D eigenvalue weighted by atomic mass is 10.2. The van der Waals surface area contributed by atoms with Gasteiger partial charge in [0.05, 0.1) is 29.6 Å². The summed E-state index contributed by atoms with van der Waals surface area (Å²) >= 11 is 6.05. The minimum atomic E-state index is -0.881. The van der Waals surface area contributed by atoms with E-state index < -0.39 is 11.8 Å². The molecule has 3 amide bonds. The van der Waals surface area contributed by atoms with Crippen LogP contribution in [0.5, 0.6) is 11.5 Å². The summed E-state index contributed by atoms with van der Waals surface area (Å²) in [5, 5.41) is 9.44. The van der Waals surface area contributed by atoms with Gasteiger partial charge in [0.2, 0.25) is 0 Å². The van der Waals surface area contributed by atoms with Gasteiger partial charge >= 0.3 is 11.8 Å². The SMILES string of the molecule is CCOc1cc(/C=N\NC(=O)C(=O)NC[C@@H]2CCCO2)ccc1OCC(=O)Nc1ccccc1Cl. The maximum Gasteiger partial charge on any atom is 0.329 e. The molecule has 1 aliphatic heterocycles. The normalized spacial score (nSPS) is 15.0. The number of rotatable bonds is 10. The first-order valence-corrected chi connectivity index (χ1v) is 11.5. The molecule has 0 saturated carbocycles. The maximum absolute atomic E-state index is 12.2. The number of halogens is 1. The topological polar surface area (TPSA) is 127 Å². The van der Waals surface area contributed by atoms with Crippen LogP contribution in [0.3, 0.4) is 0 Å². The highest BCUT2D eigenvalue weighted by Gasteiger charge is 2.19. The van der Waals surface area contributed by atoms with Crippen LogP contribution in [0.1, 0.15) is 25.3 Å². The van der Waals surface area contributed by atoms with Crippen molar-refractivity contribution in [2.75, 3.05) is 31.7 Å². The molecule has 1 aliphatic rings. The Labute approximate surface area is 208 Å². The monoisotopic (exact) mass is 502 g/mol. The molecule has 0 aromatic heterocycles. The molecule has 35 heavy (non-hydrogen) atoms. The Balaban J connectivity index is 1.51. The molecule has 0 aliphatic carbocycles. The lowest BCUT2D eigenvalue weighted by Gasteiger charge is -2.13. The predicted octanol–water partition coefficient (Wildman–Crippen LogP) is 2.50. The second-order valence-electron chi connectivity index (χ2n) is 7.50. The van der Waals surface area contributed by atoms with E-state index in [9.17, 15) is 14.4 Å². The van der Waals surface area contributed by atoms with Crippen molar-refractivity contribution in [3.8, 4) is 11.5 Å². The van der Waals surface area contributed by atoms with E-state index >= 15 is 0 Å². The van der Waals surface area contributed by atoms with Gasteiger partial charge in [-0.3, -0.25) is 14.4 Å². The van der Waals surface area contributed by atoms with Crippen LogP contribution in [-0.2, 0) is 19.1 Å². The van der Waals surface area contributed by atoms with Crippen LogP contribution in [0.2, 0.25) is 5.02 Å². The Hall–Kier alpha value is -3.63. The molecular formula is C24H27ClN4O6. The average Bonchev–Trinajstić information content (AvgIpc) is 3.37. The minimum absolute atomic E-state index is 0.0600. The highest BCUT2D eigenvalue weighted by molar-refractivity contribution is 6.35. The van der Waals surface area contributed by atoms with Gasteiger partial charge in [0, 0.05) is 13.2 Å². The third-order valence-electron chi connectivity index (χ3n) is 4.87. The summed E-state index contributed by atoms with van der Waals surface area (Å²) < 4.78 is 16.6. The van der Waals surface area contributed by atoms with Gasteiger partial charge in [-0.15, -0.1) is 0 Å². The van der Waals surface area contributed by atoms with Gasteiger partial charge < -0.3 is 24.8 Å². The first-order chi connectivity index (χ1) is 17.0. The molecule has 2 aromatic rings. The van der Waals surface area contributed by atoms with Gasteiger partial charge in [0.25, 0.3) is 5.91 Å². The number of nitrogens with zero attached hydrogens (tertiary/aromatic N) is 1. The van der Waals surface area contributed by atoms with Crippen molar-refractivity contribution in [2.45, 2.75) is 25.9 Å². The molecule has 0 radical (unpaired) electrons. The Kier molecular flexibility index (Phi) is 9.88. The van der Waals surface area contributed by atoms with Crippen LogP contribution >= 0.6 is 11.6 Å². The van der Waals surface area contributed by atoms with E-state index in [0.29, 0.717) is 41.0 Å². The number of carbonyl (C=O) groups is 3. The van der Waals surface area contributed by atoms with Crippen molar-refractivity contribution in [1.29, 1.82) is 0 Å². The molecule has 2 aromatic carbocycles. The Bertz CT molecular complexity index is 1070. The van der Waals surface area contributed by atoms with Crippen LogP contribution in [0.25, 0.3) is 0 Å². The van der Waals surface area contributed by atoms with E-state index in [1.807, 2.05) is 6.92 Å². The van der Waals surface area contributed by atoms with E-state index in [0.717, 1.165) is 12.8 Å². The van der Waals surface area contributed by atoms with E-state index in [1.54, 1.807) is 42.5 Å². The number of hydrogen-bond acceptors (Lipinski definition) is 7. The number of benzene rings is 2. The number of anilines is 1. The summed E-state index contributed by atoms with van der Waals surface area (Å²) in [5.41, 5.74) is 3.25. The number of nitrogens with one attached hydrogen (secondary N) is 3. The molecule has 3 N–H and O–H groups in total. The van der Waals surface area contributed by atoms with Crippen molar-refractivity contribution in [2.24, 2.45) is 5.10 Å². The van der Waals surface area contributed by atoms with Crippen molar-refractivity contribution in [1.82, 2.24) is 10.7 Å². The molecule has 0 bridgehead atoms. The summed E-state index contributed by atoms with van der Waals surface area (Å²) in [6, 6.07) is 11.8. The standard InChI is InChI=1S/C24H27ClN4O6/c1-2-33-21-12-16(13-27-29-24(32)23(31)26-14-17-6-5-11-34-17)9-10-20(21)35-15-22(30)28-19-8-4-3-7-18(19)25/h3-4,7-10,12-13,17H,2,5-6,11,14-15H2,1H3,(H,26,31)(H,28,30)(H,29,32)/b27-13-/t17-/m0/s1. The predicted molar refractivity (Wildman–Crippen MR) is 131 cm³/mol. The van der Waals surface area contributed by atoms with Crippen LogP contribution in [0.15, 0.2) is 47.6 Å². The van der Waals surface area contributed by atoms with Crippen LogP contribution in [0.4, 0.5) is 5.69 Å². The number of hydrogen-bond donors (Lipinski definition) is 3. The van der Waals surface area contributed by atoms with E-state index in [-0.39, 0.29) is 25.2 Å². The third kappa shape index (κ3) is 8.27. The van der Waals surface area contributed by atoms with Crippen LogP contribution in [-0.4, -0.2) is 56.4 Å². The fraction of sp³-hybridized carbons (Fsp3) is 0.333. The van der Waals surface area contributed by atoms with E-state index in [2.05, 4.69) is 21.2 Å². The minimum Gasteiger partial charge on any atom is -0.490 e. The number of ether oxygens (including phenoxy) is 3. The molecule has 11 heteroatoms. The lowest BCUT2D eigenvalue weighted by Crippen LogP contribution is -2.41. The summed E-state index contributed by atoms with van der Waals surface area (Å²) in [4.78, 5) is 36.0. The molecule has 1 atom stereocenters. The van der Waals surface area contributed by atoms with Crippen molar-refractivity contribution < 1.29 is 28.6 Å². The Morgan fingerprint density at radius 2 is 1.97 bits per heavy atom. The Morgan fingerprint density at radius 1 is 1.14 bits per heavy atom. The number of hydrazone groups is 1. The highest BCUT2D eigenvalue weighted by Crippen LogP contribution is 2.28. The van der Waals surface area contributed by atoms with Gasteiger partial charge in [-0.25, -0.2) is 5.43 Å². The summed E-state index contributed by atoms with van der Waals surface area (Å²) in [6.45, 7) is 2.87. The zero-order chi connectivity index (χ0) is 25.0. The van der Waals surface area contributed by atoms with Crippen LogP contribution < -0.4 is 25.5 Å². The first kappa shape index (κ1) is 26.0. The number of amides is 3. The molecule has 186 valence electrons. The maximum atomic E-state index is 12.2. The smallest absolute Gasteiger partial charge is 0.329 e. The second-order valence-corrected chi connectivity index (χ2v) is 7.91. The molecule has 1 fully saturated rings. The molecule has 3 rings (SSSR count). The quantitative estimate of drug-likeness (QED) is 0.260. The molecule has 1 saturated heterocycles. The lowest BCUT2D eigenvalue weighted by molar-refractivity contribution is -0.139. The Morgan fingerprint density at radius 3 is 2.71 bits per heavy atom. The first-order valence-electron chi connectivity index (χ1n) is 11.1. The van der Waals surface area contributed by atoms with Crippen molar-refractivity contribution >= 4 is 41.2 Å². The largest absolute Gasteiger partial charge is 0.490 e. The van der Waals surface area contributed by atoms with Gasteiger partial charge in [-0.05, 0) is 55.7 Å². The summed E-state index contributed by atoms with van der Waals surface area (Å²) in [5.74, 6) is -1.30. The molecule has 0 unspecified atom stereocenters. The molecule has 0 spiro atoms. The highest BCUT2D eigenvalue weighted by atomic mass is 35.5. The molecular weight excluding hydrogens is 476 g/mol. The van der Waals surface area contributed by atoms with Gasteiger partial charge in [-0.1, -0.05) is 23.7 Å².